The first-order valence-corrected chi connectivity index (χ1v) is 13.7. The van der Waals surface area contributed by atoms with Crippen LogP contribution < -0.4 is 10.1 Å². The molecule has 1 aliphatic rings. The number of thioether (sulfide) groups is 1. The van der Waals surface area contributed by atoms with Crippen molar-refractivity contribution < 1.29 is 9.53 Å². The predicted molar refractivity (Wildman–Crippen MR) is 157 cm³/mol. The summed E-state index contributed by atoms with van der Waals surface area (Å²) in [4.78, 5) is 17.8. The van der Waals surface area contributed by atoms with Crippen molar-refractivity contribution in [1.29, 1.82) is 0 Å². The van der Waals surface area contributed by atoms with Crippen molar-refractivity contribution in [3.05, 3.63) is 109 Å². The molecule has 1 saturated heterocycles. The molecule has 1 heterocycles. The van der Waals surface area contributed by atoms with Crippen molar-refractivity contribution in [2.24, 2.45) is 4.99 Å². The first-order chi connectivity index (χ1) is 17.4. The highest BCUT2D eigenvalue weighted by Gasteiger charge is 2.24. The van der Waals surface area contributed by atoms with Crippen LogP contribution in [0.25, 0.3) is 16.8 Å². The normalized spacial score (nSPS) is 15.6. The molecule has 0 atom stereocenters. The highest BCUT2D eigenvalue weighted by molar-refractivity contribution is 9.10. The predicted octanol–water partition coefficient (Wildman–Crippen LogP) is 8.45. The van der Waals surface area contributed by atoms with Gasteiger partial charge in [0, 0.05) is 4.47 Å². The Morgan fingerprint density at radius 3 is 2.44 bits per heavy atom. The number of fused-ring (bicyclic) bond motifs is 1. The first kappa shape index (κ1) is 24.8. The molecule has 0 aliphatic carbocycles. The summed E-state index contributed by atoms with van der Waals surface area (Å²) in [5.74, 6) is 0.592. The molecule has 7 heteroatoms. The molecule has 4 nitrogen and oxygen atoms in total. The van der Waals surface area contributed by atoms with E-state index in [1.165, 1.54) is 22.5 Å². The minimum absolute atomic E-state index is 0.156. The minimum Gasteiger partial charge on any atom is -0.488 e. The monoisotopic (exact) mass is 620 g/mol. The van der Waals surface area contributed by atoms with Crippen LogP contribution in [-0.4, -0.2) is 11.1 Å². The van der Waals surface area contributed by atoms with E-state index in [1.54, 1.807) is 0 Å². The van der Waals surface area contributed by atoms with E-state index in [9.17, 15) is 4.79 Å². The molecule has 5 rings (SSSR count). The molecule has 0 aromatic heterocycles. The van der Waals surface area contributed by atoms with Crippen LogP contribution in [0.1, 0.15) is 22.3 Å². The Hall–Kier alpha value is -2.87. The first-order valence-electron chi connectivity index (χ1n) is 11.3. The number of nitrogens with zero attached hydrogens (tertiary/aromatic N) is 1. The fourth-order valence-electron chi connectivity index (χ4n) is 3.95. The van der Waals surface area contributed by atoms with Gasteiger partial charge in [-0.1, -0.05) is 58.4 Å². The van der Waals surface area contributed by atoms with Gasteiger partial charge in [-0.05, 0) is 111 Å². The Bertz CT molecular complexity index is 1540. The van der Waals surface area contributed by atoms with Crippen molar-refractivity contribution in [1.82, 2.24) is 5.32 Å². The molecule has 1 amide bonds. The Balaban J connectivity index is 1.28. The van der Waals surface area contributed by atoms with Crippen molar-refractivity contribution in [2.75, 3.05) is 0 Å². The average molecular weight is 622 g/mol. The molecule has 0 radical (unpaired) electrons. The Morgan fingerprint density at radius 1 is 0.944 bits per heavy atom. The molecule has 0 bridgehead atoms. The summed E-state index contributed by atoms with van der Waals surface area (Å²) < 4.78 is 7.96. The molecule has 4 aromatic carbocycles. The lowest BCUT2D eigenvalue weighted by Crippen LogP contribution is -2.19. The largest absolute Gasteiger partial charge is 0.488 e. The number of carbonyl (C=O) groups excluding carboxylic acids is 1. The number of halogens is 2. The average Bonchev–Trinajstić information content (AvgIpc) is 3.20. The van der Waals surface area contributed by atoms with Gasteiger partial charge in [-0.15, -0.1) is 0 Å². The molecule has 1 aliphatic heterocycles. The van der Waals surface area contributed by atoms with Crippen LogP contribution in [0, 0.1) is 13.8 Å². The van der Waals surface area contributed by atoms with Crippen molar-refractivity contribution in [3.63, 3.8) is 0 Å². The number of amidine groups is 1. The quantitative estimate of drug-likeness (QED) is 0.227. The number of aryl methyl sites for hydroxylation is 2. The summed E-state index contributed by atoms with van der Waals surface area (Å²) in [6, 6.07) is 24.4. The Kier molecular flexibility index (Phi) is 7.32. The number of aliphatic imine (C=N–C) groups is 1. The maximum Gasteiger partial charge on any atom is 0.264 e. The third-order valence-electron chi connectivity index (χ3n) is 5.76. The van der Waals surface area contributed by atoms with Gasteiger partial charge in [-0.3, -0.25) is 4.79 Å². The zero-order chi connectivity index (χ0) is 25.2. The molecule has 180 valence electrons. The lowest BCUT2D eigenvalue weighted by molar-refractivity contribution is -0.115. The summed E-state index contributed by atoms with van der Waals surface area (Å²) in [5.41, 5.74) is 5.02. The summed E-state index contributed by atoms with van der Waals surface area (Å²) in [6.45, 7) is 4.52. The maximum absolute atomic E-state index is 12.5. The van der Waals surface area contributed by atoms with E-state index in [0.717, 1.165) is 42.6 Å². The van der Waals surface area contributed by atoms with Gasteiger partial charge in [0.15, 0.2) is 5.17 Å². The molecule has 36 heavy (non-hydrogen) atoms. The number of carbonyl (C=O) groups is 1. The van der Waals surface area contributed by atoms with E-state index < -0.39 is 0 Å². The summed E-state index contributed by atoms with van der Waals surface area (Å²) in [5, 5.41) is 5.84. The second kappa shape index (κ2) is 10.6. The van der Waals surface area contributed by atoms with E-state index >= 15 is 0 Å². The molecule has 1 fully saturated rings. The highest BCUT2D eigenvalue weighted by Crippen LogP contribution is 2.33. The number of hydrogen-bond acceptors (Lipinski definition) is 4. The lowest BCUT2D eigenvalue weighted by Gasteiger charge is -2.10. The van der Waals surface area contributed by atoms with Crippen LogP contribution in [0.2, 0.25) is 0 Å². The topological polar surface area (TPSA) is 50.7 Å². The van der Waals surface area contributed by atoms with Crippen molar-refractivity contribution >= 4 is 77.2 Å². The second-order valence-electron chi connectivity index (χ2n) is 8.54. The maximum atomic E-state index is 12.5. The van der Waals surface area contributed by atoms with Gasteiger partial charge in [-0.2, -0.15) is 0 Å². The van der Waals surface area contributed by atoms with Crippen molar-refractivity contribution in [2.45, 2.75) is 20.5 Å². The molecule has 1 N–H and O–H groups in total. The fourth-order valence-corrected chi connectivity index (χ4v) is 5.53. The zero-order valence-electron chi connectivity index (χ0n) is 19.6. The van der Waals surface area contributed by atoms with Crippen molar-refractivity contribution in [3.8, 4) is 5.75 Å². The van der Waals surface area contributed by atoms with E-state index in [4.69, 9.17) is 4.74 Å². The minimum atomic E-state index is -0.156. The molecule has 0 spiro atoms. The number of ether oxygens (including phenoxy) is 1. The summed E-state index contributed by atoms with van der Waals surface area (Å²) in [7, 11) is 0. The smallest absolute Gasteiger partial charge is 0.264 e. The van der Waals surface area contributed by atoms with Crippen LogP contribution in [-0.2, 0) is 11.4 Å². The van der Waals surface area contributed by atoms with E-state index in [0.29, 0.717) is 16.7 Å². The summed E-state index contributed by atoms with van der Waals surface area (Å²) in [6.07, 6.45) is 1.86. The summed E-state index contributed by atoms with van der Waals surface area (Å²) >= 11 is 8.52. The second-order valence-corrected chi connectivity index (χ2v) is 11.2. The van der Waals surface area contributed by atoms with Gasteiger partial charge in [-0.25, -0.2) is 4.99 Å². The highest BCUT2D eigenvalue weighted by atomic mass is 79.9. The molecule has 4 aromatic rings. The fraction of sp³-hybridized carbons (Fsp3) is 0.103. The number of rotatable bonds is 5. The van der Waals surface area contributed by atoms with Gasteiger partial charge in [0.1, 0.15) is 12.4 Å². The standard InChI is InChI=1S/C29H22Br2N2O2S/c1-17-11-23(12-18(2)27(17)31)32-29-33-28(34)26(36-29)15-19-8-10-25(24(30)14-19)35-16-20-7-9-21-5-3-4-6-22(21)13-20/h3-15H,16H2,1-2H3,(H,32,33,34)/b26-15-. The van der Waals surface area contributed by atoms with Gasteiger partial charge < -0.3 is 10.1 Å². The molecular weight excluding hydrogens is 600 g/mol. The number of nitrogens with one attached hydrogen (secondary N) is 1. The molecular formula is C29H22Br2N2O2S. The zero-order valence-corrected chi connectivity index (χ0v) is 23.6. The van der Waals surface area contributed by atoms with Crippen LogP contribution in [0.15, 0.2) is 91.6 Å². The van der Waals surface area contributed by atoms with Gasteiger partial charge in [0.2, 0.25) is 0 Å². The van der Waals surface area contributed by atoms with E-state index in [2.05, 4.69) is 72.5 Å². The Morgan fingerprint density at radius 2 is 1.69 bits per heavy atom. The Labute approximate surface area is 231 Å². The van der Waals surface area contributed by atoms with Crippen LogP contribution >= 0.6 is 43.6 Å². The van der Waals surface area contributed by atoms with Gasteiger partial charge in [0.25, 0.3) is 5.91 Å². The van der Waals surface area contributed by atoms with Crippen LogP contribution in [0.3, 0.4) is 0 Å². The van der Waals surface area contributed by atoms with E-state index in [-0.39, 0.29) is 5.91 Å². The molecule has 0 unspecified atom stereocenters. The number of amides is 1. The lowest BCUT2D eigenvalue weighted by atomic mass is 10.1. The third-order valence-corrected chi connectivity index (χ3v) is 8.55. The third kappa shape index (κ3) is 5.59. The van der Waals surface area contributed by atoms with E-state index in [1.807, 2.05) is 62.4 Å². The van der Waals surface area contributed by atoms with Gasteiger partial charge in [0.05, 0.1) is 15.1 Å². The van der Waals surface area contributed by atoms with Crippen LogP contribution in [0.5, 0.6) is 5.75 Å². The molecule has 0 saturated carbocycles. The van der Waals surface area contributed by atoms with Crippen LogP contribution in [0.4, 0.5) is 5.69 Å². The van der Waals surface area contributed by atoms with Gasteiger partial charge >= 0.3 is 0 Å². The SMILES string of the molecule is Cc1cc(N=C2NC(=O)/C(=C/c3ccc(OCc4ccc5ccccc5c4)c(Br)c3)S2)cc(C)c1Br. The number of hydrogen-bond donors (Lipinski definition) is 1. The number of benzene rings is 4.